The van der Waals surface area contributed by atoms with Gasteiger partial charge in [-0.2, -0.15) is 18.2 Å². The summed E-state index contributed by atoms with van der Waals surface area (Å²) in [7, 11) is 3.91. The maximum absolute atomic E-state index is 14.0. The Morgan fingerprint density at radius 1 is 0.971 bits per heavy atom. The number of halogens is 4. The first-order valence-electron chi connectivity index (χ1n) is 11.5. The van der Waals surface area contributed by atoms with Gasteiger partial charge in [-0.15, -0.1) is 0 Å². The van der Waals surface area contributed by atoms with Crippen molar-refractivity contribution in [2.45, 2.75) is 44.4 Å². The average Bonchev–Trinajstić information content (AvgIpc) is 2.80. The normalized spacial score (nSPS) is 18.8. The average molecular weight is 476 g/mol. The number of para-hydroxylation sites is 1. The van der Waals surface area contributed by atoms with Crippen LogP contribution in [0.2, 0.25) is 0 Å². The van der Waals surface area contributed by atoms with Gasteiger partial charge in [0.05, 0.1) is 11.1 Å². The first-order valence-corrected chi connectivity index (χ1v) is 11.5. The monoisotopic (exact) mass is 475 g/mol. The van der Waals surface area contributed by atoms with Gasteiger partial charge in [-0.05, 0) is 62.4 Å². The summed E-state index contributed by atoms with van der Waals surface area (Å²) in [5.74, 6) is 0.956. The van der Waals surface area contributed by atoms with E-state index in [2.05, 4.69) is 15.6 Å². The molecule has 0 bridgehead atoms. The topological polar surface area (TPSA) is 53.1 Å². The van der Waals surface area contributed by atoms with Crippen LogP contribution in [0.4, 0.5) is 29.3 Å². The molecule has 1 aromatic heterocycles. The van der Waals surface area contributed by atoms with Crippen LogP contribution in [-0.2, 0) is 12.7 Å². The van der Waals surface area contributed by atoms with Gasteiger partial charge in [-0.3, -0.25) is 0 Å². The van der Waals surface area contributed by atoms with Crippen molar-refractivity contribution in [3.8, 4) is 0 Å². The fraction of sp³-hybridized carbons (Fsp3) is 0.440. The van der Waals surface area contributed by atoms with Gasteiger partial charge in [-0.1, -0.05) is 18.2 Å². The Bertz CT molecular complexity index is 1120. The molecule has 0 aliphatic heterocycles. The van der Waals surface area contributed by atoms with Gasteiger partial charge in [-0.25, -0.2) is 9.37 Å². The third kappa shape index (κ3) is 5.58. The molecule has 1 heterocycles. The van der Waals surface area contributed by atoms with Gasteiger partial charge in [0.25, 0.3) is 0 Å². The van der Waals surface area contributed by atoms with Crippen molar-refractivity contribution in [3.05, 3.63) is 59.4 Å². The van der Waals surface area contributed by atoms with Gasteiger partial charge in [0.15, 0.2) is 0 Å². The molecule has 3 aromatic rings. The van der Waals surface area contributed by atoms with Crippen molar-refractivity contribution in [2.24, 2.45) is 5.92 Å². The van der Waals surface area contributed by atoms with Crippen molar-refractivity contribution in [2.75, 3.05) is 30.9 Å². The van der Waals surface area contributed by atoms with Crippen molar-refractivity contribution in [3.63, 3.8) is 0 Å². The summed E-state index contributed by atoms with van der Waals surface area (Å²) in [6.07, 6.45) is -0.912. The maximum Gasteiger partial charge on any atom is 0.416 e. The molecule has 1 aliphatic carbocycles. The minimum atomic E-state index is -4.57. The predicted molar refractivity (Wildman–Crippen MR) is 126 cm³/mol. The first-order chi connectivity index (χ1) is 16.2. The summed E-state index contributed by atoms with van der Waals surface area (Å²) >= 11 is 0. The zero-order chi connectivity index (χ0) is 24.3. The fourth-order valence-electron chi connectivity index (χ4n) is 4.56. The zero-order valence-electron chi connectivity index (χ0n) is 19.3. The lowest BCUT2D eigenvalue weighted by atomic mass is 9.86. The number of anilines is 2. The lowest BCUT2D eigenvalue weighted by Crippen LogP contribution is -2.32. The second-order valence-electron chi connectivity index (χ2n) is 9.04. The Balaban J connectivity index is 1.31. The fourth-order valence-corrected chi connectivity index (χ4v) is 4.56. The van der Waals surface area contributed by atoms with Crippen LogP contribution in [0.1, 0.15) is 36.8 Å². The van der Waals surface area contributed by atoms with Crippen LogP contribution in [0.3, 0.4) is 0 Å². The Kier molecular flexibility index (Phi) is 7.21. The molecule has 4 rings (SSSR count). The Morgan fingerprint density at radius 3 is 2.41 bits per heavy atom. The van der Waals surface area contributed by atoms with Crippen molar-refractivity contribution in [1.82, 2.24) is 15.3 Å². The highest BCUT2D eigenvalue weighted by Gasteiger charge is 2.34. The van der Waals surface area contributed by atoms with E-state index >= 15 is 0 Å². The highest BCUT2D eigenvalue weighted by atomic mass is 19.4. The third-order valence-corrected chi connectivity index (χ3v) is 6.35. The van der Waals surface area contributed by atoms with Gasteiger partial charge >= 0.3 is 6.18 Å². The van der Waals surface area contributed by atoms with Crippen LogP contribution < -0.4 is 15.5 Å². The number of hydrogen-bond acceptors (Lipinski definition) is 5. The molecule has 1 fully saturated rings. The van der Waals surface area contributed by atoms with Crippen LogP contribution >= 0.6 is 0 Å². The van der Waals surface area contributed by atoms with Crippen LogP contribution in [0.25, 0.3) is 10.9 Å². The van der Waals surface area contributed by atoms with E-state index in [1.54, 1.807) is 0 Å². The number of rotatable bonds is 7. The van der Waals surface area contributed by atoms with Crippen LogP contribution in [0, 0.1) is 11.7 Å². The molecule has 0 radical (unpaired) electrons. The lowest BCUT2D eigenvalue weighted by molar-refractivity contribution is -0.138. The van der Waals surface area contributed by atoms with E-state index in [-0.39, 0.29) is 18.2 Å². The summed E-state index contributed by atoms with van der Waals surface area (Å²) in [5.41, 5.74) is -0.358. The number of aromatic nitrogens is 2. The molecule has 5 nitrogen and oxygen atoms in total. The molecule has 9 heteroatoms. The summed E-state index contributed by atoms with van der Waals surface area (Å²) < 4.78 is 53.5. The molecule has 0 spiro atoms. The standard InChI is InChI=1S/C25H29F4N5/c1-34(2)23-18-6-3-4-9-22(18)32-24(33-23)31-17-12-10-16(11-13-17)14-30-15-19-20(25(27,28)29)7-5-8-21(19)26/h3-9,16-17,30H,10-15H2,1-2H3,(H,31,32,33). The van der Waals surface area contributed by atoms with Crippen molar-refractivity contribution < 1.29 is 17.6 Å². The van der Waals surface area contributed by atoms with E-state index in [0.717, 1.165) is 60.6 Å². The minimum Gasteiger partial charge on any atom is -0.362 e. The maximum atomic E-state index is 14.0. The van der Waals surface area contributed by atoms with Crippen LogP contribution in [0.15, 0.2) is 42.5 Å². The van der Waals surface area contributed by atoms with E-state index in [1.807, 2.05) is 43.3 Å². The number of nitrogens with one attached hydrogen (secondary N) is 2. The number of fused-ring (bicyclic) bond motifs is 1. The highest BCUT2D eigenvalue weighted by molar-refractivity contribution is 5.90. The molecule has 34 heavy (non-hydrogen) atoms. The molecule has 2 N–H and O–H groups in total. The van der Waals surface area contributed by atoms with E-state index < -0.39 is 17.6 Å². The highest BCUT2D eigenvalue weighted by Crippen LogP contribution is 2.33. The Morgan fingerprint density at radius 2 is 1.71 bits per heavy atom. The molecule has 0 saturated heterocycles. The molecule has 0 amide bonds. The SMILES string of the molecule is CN(C)c1nc(NC2CCC(CNCc3c(F)cccc3C(F)(F)F)CC2)nc2ccccc12. The second kappa shape index (κ2) is 10.1. The minimum absolute atomic E-state index is 0.141. The quantitative estimate of drug-likeness (QED) is 0.435. The first kappa shape index (κ1) is 24.2. The summed E-state index contributed by atoms with van der Waals surface area (Å²) in [6, 6.07) is 11.2. The number of benzene rings is 2. The summed E-state index contributed by atoms with van der Waals surface area (Å²) in [4.78, 5) is 11.3. The van der Waals surface area contributed by atoms with Crippen LogP contribution in [0.5, 0.6) is 0 Å². The summed E-state index contributed by atoms with van der Waals surface area (Å²) in [5, 5.41) is 7.49. The summed E-state index contributed by atoms with van der Waals surface area (Å²) in [6.45, 7) is 0.410. The van der Waals surface area contributed by atoms with Crippen molar-refractivity contribution in [1.29, 1.82) is 0 Å². The molecule has 0 unspecified atom stereocenters. The largest absolute Gasteiger partial charge is 0.416 e. The van der Waals surface area contributed by atoms with Gasteiger partial charge < -0.3 is 15.5 Å². The zero-order valence-corrected chi connectivity index (χ0v) is 19.3. The molecule has 0 atom stereocenters. The Hall–Kier alpha value is -2.94. The van der Waals surface area contributed by atoms with E-state index in [0.29, 0.717) is 18.4 Å². The molecular formula is C25H29F4N5. The van der Waals surface area contributed by atoms with Gasteiger partial charge in [0.2, 0.25) is 5.95 Å². The van der Waals surface area contributed by atoms with Crippen molar-refractivity contribution >= 4 is 22.7 Å². The van der Waals surface area contributed by atoms with E-state index in [9.17, 15) is 17.6 Å². The number of hydrogen-bond donors (Lipinski definition) is 2. The smallest absolute Gasteiger partial charge is 0.362 e. The molecule has 2 aromatic carbocycles. The molecule has 1 aliphatic rings. The van der Waals surface area contributed by atoms with Gasteiger partial charge in [0.1, 0.15) is 11.6 Å². The predicted octanol–water partition coefficient (Wildman–Crippen LogP) is 5.61. The Labute approximate surface area is 196 Å². The van der Waals surface area contributed by atoms with Gasteiger partial charge in [0, 0.05) is 37.6 Å². The van der Waals surface area contributed by atoms with E-state index in [4.69, 9.17) is 4.98 Å². The number of nitrogens with zero attached hydrogens (tertiary/aromatic N) is 3. The lowest BCUT2D eigenvalue weighted by Gasteiger charge is -2.29. The molecular weight excluding hydrogens is 446 g/mol. The number of alkyl halides is 3. The second-order valence-corrected chi connectivity index (χ2v) is 9.04. The van der Waals surface area contributed by atoms with Crippen LogP contribution in [-0.4, -0.2) is 36.6 Å². The molecule has 1 saturated carbocycles. The molecule has 182 valence electrons. The van der Waals surface area contributed by atoms with E-state index in [1.165, 1.54) is 0 Å². The third-order valence-electron chi connectivity index (χ3n) is 6.35.